The lowest BCUT2D eigenvalue weighted by atomic mass is 10.1. The first kappa shape index (κ1) is 17.5. The highest BCUT2D eigenvalue weighted by Crippen LogP contribution is 2.28. The minimum atomic E-state index is -0.120. The lowest BCUT2D eigenvalue weighted by Gasteiger charge is -2.20. The standard InChI is InChI=1S/C16H26BrNO2/c1-6-18-11-13-10-14(17)9-12(2)15(13)19-7-8-20-16(3,4)5/h9-10,18H,6-8,11H2,1-5H3. The van der Waals surface area contributed by atoms with Crippen LogP contribution >= 0.6 is 15.9 Å². The predicted molar refractivity (Wildman–Crippen MR) is 87.5 cm³/mol. The van der Waals surface area contributed by atoms with Crippen LogP contribution in [0, 0.1) is 6.92 Å². The Kier molecular flexibility index (Phi) is 7.00. The quantitative estimate of drug-likeness (QED) is 0.757. The van der Waals surface area contributed by atoms with E-state index in [2.05, 4.69) is 68.0 Å². The van der Waals surface area contributed by atoms with Gasteiger partial charge in [0.2, 0.25) is 0 Å². The predicted octanol–water partition coefficient (Wildman–Crippen LogP) is 4.06. The Morgan fingerprint density at radius 3 is 2.50 bits per heavy atom. The third-order valence-corrected chi connectivity index (χ3v) is 3.20. The summed E-state index contributed by atoms with van der Waals surface area (Å²) in [5.41, 5.74) is 2.20. The van der Waals surface area contributed by atoms with Gasteiger partial charge >= 0.3 is 0 Å². The Balaban J connectivity index is 2.67. The van der Waals surface area contributed by atoms with Gasteiger partial charge in [0.1, 0.15) is 12.4 Å². The molecule has 1 N–H and O–H groups in total. The molecule has 0 heterocycles. The van der Waals surface area contributed by atoms with E-state index in [0.717, 1.165) is 28.9 Å². The lowest BCUT2D eigenvalue weighted by molar-refractivity contribution is -0.0164. The molecule has 0 aromatic heterocycles. The van der Waals surface area contributed by atoms with Gasteiger partial charge in [-0.1, -0.05) is 22.9 Å². The number of halogens is 1. The van der Waals surface area contributed by atoms with Crippen molar-refractivity contribution in [3.63, 3.8) is 0 Å². The maximum Gasteiger partial charge on any atom is 0.126 e. The minimum absolute atomic E-state index is 0.120. The van der Waals surface area contributed by atoms with E-state index in [9.17, 15) is 0 Å². The fraction of sp³-hybridized carbons (Fsp3) is 0.625. The molecule has 3 nitrogen and oxygen atoms in total. The molecule has 0 atom stereocenters. The fourth-order valence-electron chi connectivity index (χ4n) is 1.89. The van der Waals surface area contributed by atoms with Crippen molar-refractivity contribution in [2.45, 2.75) is 46.8 Å². The zero-order chi connectivity index (χ0) is 15.2. The number of ether oxygens (including phenoxy) is 2. The minimum Gasteiger partial charge on any atom is -0.491 e. The third kappa shape index (κ3) is 6.25. The van der Waals surface area contributed by atoms with Crippen molar-refractivity contribution in [2.24, 2.45) is 0 Å². The molecule has 1 aromatic carbocycles. The van der Waals surface area contributed by atoms with Gasteiger partial charge in [0.15, 0.2) is 0 Å². The number of hydrogen-bond donors (Lipinski definition) is 1. The van der Waals surface area contributed by atoms with Crippen LogP contribution in [0.1, 0.15) is 38.8 Å². The van der Waals surface area contributed by atoms with E-state index in [1.54, 1.807) is 0 Å². The van der Waals surface area contributed by atoms with Crippen molar-refractivity contribution in [1.29, 1.82) is 0 Å². The Morgan fingerprint density at radius 2 is 1.90 bits per heavy atom. The smallest absolute Gasteiger partial charge is 0.126 e. The zero-order valence-corrected chi connectivity index (χ0v) is 14.8. The van der Waals surface area contributed by atoms with Crippen molar-refractivity contribution >= 4 is 15.9 Å². The van der Waals surface area contributed by atoms with E-state index in [-0.39, 0.29) is 5.60 Å². The van der Waals surface area contributed by atoms with Crippen LogP contribution in [0.5, 0.6) is 5.75 Å². The van der Waals surface area contributed by atoms with Crippen LogP contribution in [0.4, 0.5) is 0 Å². The average molecular weight is 344 g/mol. The van der Waals surface area contributed by atoms with Gasteiger partial charge in [-0.15, -0.1) is 0 Å². The molecule has 1 rings (SSSR count). The van der Waals surface area contributed by atoms with Gasteiger partial charge in [0, 0.05) is 16.6 Å². The van der Waals surface area contributed by atoms with Crippen LogP contribution in [-0.2, 0) is 11.3 Å². The molecule has 0 bridgehead atoms. The molecule has 1 aromatic rings. The second-order valence-corrected chi connectivity index (χ2v) is 6.72. The highest BCUT2D eigenvalue weighted by molar-refractivity contribution is 9.10. The average Bonchev–Trinajstić information content (AvgIpc) is 2.32. The van der Waals surface area contributed by atoms with Gasteiger partial charge in [-0.2, -0.15) is 0 Å². The second-order valence-electron chi connectivity index (χ2n) is 5.80. The highest BCUT2D eigenvalue weighted by atomic mass is 79.9. The number of rotatable bonds is 7. The number of benzene rings is 1. The normalized spacial score (nSPS) is 11.7. The summed E-state index contributed by atoms with van der Waals surface area (Å²) in [6.45, 7) is 13.2. The van der Waals surface area contributed by atoms with Crippen LogP contribution in [0.3, 0.4) is 0 Å². The van der Waals surface area contributed by atoms with Crippen LogP contribution in [-0.4, -0.2) is 25.4 Å². The monoisotopic (exact) mass is 343 g/mol. The highest BCUT2D eigenvalue weighted by Gasteiger charge is 2.11. The molecule has 0 spiro atoms. The van der Waals surface area contributed by atoms with Gasteiger partial charge in [-0.05, 0) is 51.9 Å². The van der Waals surface area contributed by atoms with Crippen molar-refractivity contribution in [1.82, 2.24) is 5.32 Å². The van der Waals surface area contributed by atoms with E-state index in [1.165, 1.54) is 5.56 Å². The molecule has 0 saturated heterocycles. The Hall–Kier alpha value is -0.580. The molecular weight excluding hydrogens is 318 g/mol. The first-order chi connectivity index (χ1) is 9.33. The molecule has 0 aliphatic heterocycles. The third-order valence-electron chi connectivity index (χ3n) is 2.75. The van der Waals surface area contributed by atoms with E-state index in [0.29, 0.717) is 13.2 Å². The molecule has 0 fully saturated rings. The van der Waals surface area contributed by atoms with Crippen molar-refractivity contribution in [2.75, 3.05) is 19.8 Å². The maximum absolute atomic E-state index is 5.93. The van der Waals surface area contributed by atoms with Crippen LogP contribution in [0.2, 0.25) is 0 Å². The van der Waals surface area contributed by atoms with E-state index in [4.69, 9.17) is 9.47 Å². The maximum atomic E-state index is 5.93. The molecule has 20 heavy (non-hydrogen) atoms. The SMILES string of the molecule is CCNCc1cc(Br)cc(C)c1OCCOC(C)(C)C. The summed E-state index contributed by atoms with van der Waals surface area (Å²) in [6, 6.07) is 4.19. The molecular formula is C16H26BrNO2. The number of hydrogen-bond acceptors (Lipinski definition) is 3. The fourth-order valence-corrected chi connectivity index (χ4v) is 2.51. The van der Waals surface area contributed by atoms with E-state index < -0.39 is 0 Å². The van der Waals surface area contributed by atoms with Gasteiger partial charge in [0.25, 0.3) is 0 Å². The zero-order valence-electron chi connectivity index (χ0n) is 13.2. The molecule has 0 amide bonds. The Bertz CT molecular complexity index is 427. The topological polar surface area (TPSA) is 30.5 Å². The van der Waals surface area contributed by atoms with E-state index >= 15 is 0 Å². The molecule has 4 heteroatoms. The second kappa shape index (κ2) is 8.01. The van der Waals surface area contributed by atoms with E-state index in [1.807, 2.05) is 0 Å². The molecule has 0 unspecified atom stereocenters. The van der Waals surface area contributed by atoms with Crippen molar-refractivity contribution in [3.8, 4) is 5.75 Å². The summed E-state index contributed by atoms with van der Waals surface area (Å²) < 4.78 is 12.7. The van der Waals surface area contributed by atoms with Crippen molar-refractivity contribution in [3.05, 3.63) is 27.7 Å². The number of nitrogens with one attached hydrogen (secondary N) is 1. The lowest BCUT2D eigenvalue weighted by Crippen LogP contribution is -2.23. The molecule has 0 aliphatic carbocycles. The van der Waals surface area contributed by atoms with Gasteiger partial charge in [0.05, 0.1) is 12.2 Å². The van der Waals surface area contributed by atoms with Gasteiger partial charge < -0.3 is 14.8 Å². The number of aryl methyl sites for hydroxylation is 1. The molecule has 114 valence electrons. The largest absolute Gasteiger partial charge is 0.491 e. The van der Waals surface area contributed by atoms with Crippen LogP contribution < -0.4 is 10.1 Å². The summed E-state index contributed by atoms with van der Waals surface area (Å²) in [4.78, 5) is 0. The summed E-state index contributed by atoms with van der Waals surface area (Å²) >= 11 is 3.54. The molecule has 0 saturated carbocycles. The summed E-state index contributed by atoms with van der Waals surface area (Å²) in [5.74, 6) is 0.964. The first-order valence-corrected chi connectivity index (χ1v) is 7.89. The summed E-state index contributed by atoms with van der Waals surface area (Å²) in [5, 5.41) is 3.34. The first-order valence-electron chi connectivity index (χ1n) is 7.10. The Labute approximate surface area is 131 Å². The van der Waals surface area contributed by atoms with Gasteiger partial charge in [-0.25, -0.2) is 0 Å². The van der Waals surface area contributed by atoms with Gasteiger partial charge in [-0.3, -0.25) is 0 Å². The van der Waals surface area contributed by atoms with Crippen LogP contribution in [0.25, 0.3) is 0 Å². The molecule has 0 radical (unpaired) electrons. The van der Waals surface area contributed by atoms with Crippen LogP contribution in [0.15, 0.2) is 16.6 Å². The molecule has 0 aliphatic rings. The summed E-state index contributed by atoms with van der Waals surface area (Å²) in [6.07, 6.45) is 0. The Morgan fingerprint density at radius 1 is 1.20 bits per heavy atom. The summed E-state index contributed by atoms with van der Waals surface area (Å²) in [7, 11) is 0. The van der Waals surface area contributed by atoms with Crippen molar-refractivity contribution < 1.29 is 9.47 Å².